The van der Waals surface area contributed by atoms with E-state index in [0.29, 0.717) is 6.04 Å². The molecule has 0 aliphatic rings. The van der Waals surface area contributed by atoms with Crippen LogP contribution >= 0.6 is 0 Å². The molecule has 0 bridgehead atoms. The third-order valence-corrected chi connectivity index (χ3v) is 2.84. The Morgan fingerprint density at radius 1 is 1.21 bits per heavy atom. The van der Waals surface area contributed by atoms with Crippen LogP contribution in [0.2, 0.25) is 0 Å². The summed E-state index contributed by atoms with van der Waals surface area (Å²) in [6.07, 6.45) is 5.12. The van der Waals surface area contributed by atoms with E-state index in [4.69, 9.17) is 0 Å². The van der Waals surface area contributed by atoms with Crippen LogP contribution in [-0.4, -0.2) is 34.5 Å². The molecular weight excluding hydrogens is 236 g/mol. The van der Waals surface area contributed by atoms with Gasteiger partial charge in [0.25, 0.3) is 0 Å². The molecule has 0 unspecified atom stereocenters. The number of nitrogens with one attached hydrogen (secondary N) is 1. The van der Waals surface area contributed by atoms with Crippen molar-refractivity contribution in [3.63, 3.8) is 0 Å². The maximum Gasteiger partial charge on any atom is 0.144 e. The molecule has 0 saturated carbocycles. The Kier molecular flexibility index (Phi) is 4.86. The number of benzene rings is 1. The fourth-order valence-corrected chi connectivity index (χ4v) is 2.10. The van der Waals surface area contributed by atoms with Gasteiger partial charge in [0.05, 0.1) is 6.20 Å². The van der Waals surface area contributed by atoms with E-state index in [-0.39, 0.29) is 0 Å². The van der Waals surface area contributed by atoms with E-state index in [1.807, 2.05) is 6.07 Å². The summed E-state index contributed by atoms with van der Waals surface area (Å²) >= 11 is 0. The fourth-order valence-electron chi connectivity index (χ4n) is 2.10. The Hall–Kier alpha value is -1.94. The van der Waals surface area contributed by atoms with Gasteiger partial charge in [-0.2, -0.15) is 0 Å². The van der Waals surface area contributed by atoms with Crippen molar-refractivity contribution < 1.29 is 0 Å². The van der Waals surface area contributed by atoms with Crippen molar-refractivity contribution in [2.24, 2.45) is 0 Å². The average molecular weight is 256 g/mol. The van der Waals surface area contributed by atoms with Crippen molar-refractivity contribution in [1.82, 2.24) is 14.9 Å². The van der Waals surface area contributed by atoms with Crippen LogP contribution in [0.3, 0.4) is 0 Å². The van der Waals surface area contributed by atoms with Crippen LogP contribution in [0, 0.1) is 0 Å². The normalized spacial score (nSPS) is 12.4. The molecular formula is C15H20N4. The lowest BCUT2D eigenvalue weighted by Gasteiger charge is -2.22. The van der Waals surface area contributed by atoms with Crippen LogP contribution in [-0.2, 0) is 6.54 Å². The van der Waals surface area contributed by atoms with Gasteiger partial charge in [-0.15, -0.1) is 0 Å². The first-order valence-corrected chi connectivity index (χ1v) is 6.49. The standard InChI is InChI=1S/C15H20N4/c1-13(18-15-10-16-8-9-17-15)11-19(2)12-14-6-4-3-5-7-14/h3-10,13H,11-12H2,1-2H3,(H,17,18)/t13-/m1/s1. The molecule has 100 valence electrons. The van der Waals surface area contributed by atoms with Crippen molar-refractivity contribution in [2.45, 2.75) is 19.5 Å². The van der Waals surface area contributed by atoms with E-state index in [0.717, 1.165) is 18.9 Å². The molecule has 1 atom stereocenters. The van der Waals surface area contributed by atoms with E-state index >= 15 is 0 Å². The summed E-state index contributed by atoms with van der Waals surface area (Å²) < 4.78 is 0. The zero-order chi connectivity index (χ0) is 13.5. The monoisotopic (exact) mass is 256 g/mol. The largest absolute Gasteiger partial charge is 0.365 e. The number of rotatable bonds is 6. The first-order valence-electron chi connectivity index (χ1n) is 6.49. The minimum absolute atomic E-state index is 0.324. The van der Waals surface area contributed by atoms with Crippen LogP contribution in [0.1, 0.15) is 12.5 Å². The molecule has 0 aliphatic carbocycles. The van der Waals surface area contributed by atoms with Crippen LogP contribution in [0.25, 0.3) is 0 Å². The molecule has 0 fully saturated rings. The van der Waals surface area contributed by atoms with Crippen molar-refractivity contribution in [3.8, 4) is 0 Å². The van der Waals surface area contributed by atoms with Gasteiger partial charge in [-0.05, 0) is 19.5 Å². The van der Waals surface area contributed by atoms with Crippen molar-refractivity contribution >= 4 is 5.82 Å². The number of hydrogen-bond acceptors (Lipinski definition) is 4. The maximum atomic E-state index is 4.22. The molecule has 0 amide bonds. The summed E-state index contributed by atoms with van der Waals surface area (Å²) in [6.45, 7) is 4.05. The lowest BCUT2D eigenvalue weighted by molar-refractivity contribution is 0.316. The lowest BCUT2D eigenvalue weighted by atomic mass is 10.2. The van der Waals surface area contributed by atoms with E-state index in [1.54, 1.807) is 18.6 Å². The summed E-state index contributed by atoms with van der Waals surface area (Å²) in [5.74, 6) is 0.822. The van der Waals surface area contributed by atoms with Gasteiger partial charge >= 0.3 is 0 Å². The smallest absolute Gasteiger partial charge is 0.144 e. The molecule has 4 heteroatoms. The maximum absolute atomic E-state index is 4.22. The van der Waals surface area contributed by atoms with Gasteiger partial charge in [0.1, 0.15) is 5.82 Å². The van der Waals surface area contributed by atoms with Crippen LogP contribution in [0.15, 0.2) is 48.9 Å². The highest BCUT2D eigenvalue weighted by molar-refractivity contribution is 5.31. The Balaban J connectivity index is 1.80. The summed E-state index contributed by atoms with van der Waals surface area (Å²) in [4.78, 5) is 10.6. The molecule has 0 radical (unpaired) electrons. The Morgan fingerprint density at radius 3 is 2.68 bits per heavy atom. The van der Waals surface area contributed by atoms with Gasteiger partial charge in [0.15, 0.2) is 0 Å². The van der Waals surface area contributed by atoms with Crippen LogP contribution < -0.4 is 5.32 Å². The molecule has 2 rings (SSSR count). The second-order valence-corrected chi connectivity index (χ2v) is 4.82. The van der Waals surface area contributed by atoms with Crippen molar-refractivity contribution in [3.05, 3.63) is 54.5 Å². The van der Waals surface area contributed by atoms with E-state index in [2.05, 4.69) is 58.4 Å². The second kappa shape index (κ2) is 6.85. The number of hydrogen-bond donors (Lipinski definition) is 1. The number of likely N-dealkylation sites (N-methyl/N-ethyl adjacent to an activating group) is 1. The van der Waals surface area contributed by atoms with Gasteiger partial charge in [-0.3, -0.25) is 4.98 Å². The molecule has 0 saturated heterocycles. The molecule has 0 spiro atoms. The number of anilines is 1. The lowest BCUT2D eigenvalue weighted by Crippen LogP contribution is -2.32. The summed E-state index contributed by atoms with van der Waals surface area (Å²) in [5.41, 5.74) is 1.33. The van der Waals surface area contributed by atoms with Crippen molar-refractivity contribution in [2.75, 3.05) is 18.9 Å². The number of nitrogens with zero attached hydrogens (tertiary/aromatic N) is 3. The Bertz CT molecular complexity index is 427. The Labute approximate surface area is 114 Å². The molecule has 4 nitrogen and oxygen atoms in total. The van der Waals surface area contributed by atoms with E-state index in [1.165, 1.54) is 5.56 Å². The highest BCUT2D eigenvalue weighted by Crippen LogP contribution is 2.05. The third kappa shape index (κ3) is 4.67. The summed E-state index contributed by atoms with van der Waals surface area (Å²) in [5, 5.41) is 3.34. The molecule has 1 N–H and O–H groups in total. The quantitative estimate of drug-likeness (QED) is 0.861. The SMILES string of the molecule is C[C@H](CN(C)Cc1ccccc1)Nc1cnccn1. The zero-order valence-corrected chi connectivity index (χ0v) is 11.5. The molecule has 19 heavy (non-hydrogen) atoms. The van der Waals surface area contributed by atoms with E-state index < -0.39 is 0 Å². The highest BCUT2D eigenvalue weighted by atomic mass is 15.1. The van der Waals surface area contributed by atoms with Crippen LogP contribution in [0.4, 0.5) is 5.82 Å². The Morgan fingerprint density at radius 2 is 2.00 bits per heavy atom. The first kappa shape index (κ1) is 13.5. The van der Waals surface area contributed by atoms with Gasteiger partial charge in [0, 0.05) is 31.5 Å². The minimum Gasteiger partial charge on any atom is -0.365 e. The van der Waals surface area contributed by atoms with E-state index in [9.17, 15) is 0 Å². The molecule has 1 aromatic carbocycles. The molecule has 2 aromatic rings. The highest BCUT2D eigenvalue weighted by Gasteiger charge is 2.07. The minimum atomic E-state index is 0.324. The summed E-state index contributed by atoms with van der Waals surface area (Å²) in [6, 6.07) is 10.8. The third-order valence-electron chi connectivity index (χ3n) is 2.84. The zero-order valence-electron chi connectivity index (χ0n) is 11.5. The van der Waals surface area contributed by atoms with Gasteiger partial charge in [-0.25, -0.2) is 4.98 Å². The molecule has 0 aliphatic heterocycles. The topological polar surface area (TPSA) is 41.0 Å². The van der Waals surface area contributed by atoms with Gasteiger partial charge < -0.3 is 10.2 Å². The summed E-state index contributed by atoms with van der Waals surface area (Å²) in [7, 11) is 2.13. The average Bonchev–Trinajstić information content (AvgIpc) is 2.40. The molecule has 1 aromatic heterocycles. The second-order valence-electron chi connectivity index (χ2n) is 4.82. The predicted octanol–water partition coefficient (Wildman–Crippen LogP) is 2.41. The van der Waals surface area contributed by atoms with Crippen LogP contribution in [0.5, 0.6) is 0 Å². The predicted molar refractivity (Wildman–Crippen MR) is 77.9 cm³/mol. The van der Waals surface area contributed by atoms with Crippen molar-refractivity contribution in [1.29, 1.82) is 0 Å². The number of aromatic nitrogens is 2. The molecule has 1 heterocycles. The fraction of sp³-hybridized carbons (Fsp3) is 0.333. The first-order chi connectivity index (χ1) is 9.24. The van der Waals surface area contributed by atoms with Gasteiger partial charge in [-0.1, -0.05) is 30.3 Å². The van der Waals surface area contributed by atoms with Gasteiger partial charge in [0.2, 0.25) is 0 Å².